The topological polar surface area (TPSA) is 92.3 Å². The lowest BCUT2D eigenvalue weighted by atomic mass is 10.2. The summed E-state index contributed by atoms with van der Waals surface area (Å²) in [5, 5.41) is 9.84. The molecule has 0 amide bonds. The number of ether oxygens (including phenoxy) is 1. The van der Waals surface area contributed by atoms with Gasteiger partial charge in [0.15, 0.2) is 5.82 Å². The Balaban J connectivity index is 1.60. The Bertz CT molecular complexity index is 925. The molecule has 3 rings (SSSR count). The van der Waals surface area contributed by atoms with Gasteiger partial charge in [-0.3, -0.25) is 5.43 Å². The van der Waals surface area contributed by atoms with Crippen molar-refractivity contribution in [3.05, 3.63) is 80.8 Å². The molecule has 0 unspecified atom stereocenters. The van der Waals surface area contributed by atoms with Gasteiger partial charge in [0.05, 0.1) is 12.4 Å². The molecule has 0 saturated carbocycles. The lowest BCUT2D eigenvalue weighted by Crippen LogP contribution is -2.13. The quantitative estimate of drug-likeness (QED) is 0.490. The first kappa shape index (κ1) is 16.8. The average Bonchev–Trinajstić information content (AvgIpc) is 2.62. The van der Waals surface area contributed by atoms with Crippen molar-refractivity contribution in [2.24, 2.45) is 5.10 Å². The fraction of sp³-hybridized carbons (Fsp3) is 0.0588. The van der Waals surface area contributed by atoms with E-state index in [1.165, 1.54) is 6.20 Å². The van der Waals surface area contributed by atoms with Crippen LogP contribution < -0.4 is 15.9 Å². The molecule has 2 N–H and O–H groups in total. The first-order valence-corrected chi connectivity index (χ1v) is 8.16. The lowest BCUT2D eigenvalue weighted by Gasteiger charge is -2.07. The zero-order valence-electron chi connectivity index (χ0n) is 13.0. The molecule has 1 aromatic heterocycles. The molecule has 0 atom stereocenters. The van der Waals surface area contributed by atoms with Crippen LogP contribution in [0.5, 0.6) is 5.75 Å². The summed E-state index contributed by atoms with van der Waals surface area (Å²) in [6, 6.07) is 15.5. The summed E-state index contributed by atoms with van der Waals surface area (Å²) in [6.07, 6.45) is 2.98. The molecule has 7 nitrogen and oxygen atoms in total. The third kappa shape index (κ3) is 5.25. The van der Waals surface area contributed by atoms with Crippen LogP contribution in [-0.4, -0.2) is 21.4 Å². The highest BCUT2D eigenvalue weighted by Crippen LogP contribution is 2.16. The fourth-order valence-electron chi connectivity index (χ4n) is 1.97. The molecule has 0 bridgehead atoms. The molecule has 0 fully saturated rings. The molecule has 0 aliphatic heterocycles. The molecule has 8 heteroatoms. The van der Waals surface area contributed by atoms with Gasteiger partial charge in [0.2, 0.25) is 0 Å². The normalized spacial score (nSPS) is 10.8. The molecule has 25 heavy (non-hydrogen) atoms. The Hall–Kier alpha value is -3.00. The van der Waals surface area contributed by atoms with Gasteiger partial charge >= 0.3 is 5.69 Å². The molecular formula is C17H14BrN5O2. The zero-order chi connectivity index (χ0) is 17.5. The van der Waals surface area contributed by atoms with Crippen molar-refractivity contribution < 1.29 is 4.74 Å². The maximum absolute atomic E-state index is 11.0. The van der Waals surface area contributed by atoms with Gasteiger partial charge in [0, 0.05) is 4.47 Å². The Morgan fingerprint density at radius 1 is 1.24 bits per heavy atom. The molecule has 3 aromatic rings. The largest absolute Gasteiger partial charge is 0.489 e. The van der Waals surface area contributed by atoms with E-state index in [0.29, 0.717) is 6.61 Å². The molecule has 0 saturated heterocycles. The summed E-state index contributed by atoms with van der Waals surface area (Å²) in [5.41, 5.74) is 4.04. The van der Waals surface area contributed by atoms with E-state index in [1.54, 1.807) is 6.21 Å². The third-order valence-corrected chi connectivity index (χ3v) is 3.67. The maximum Gasteiger partial charge on any atom is 0.363 e. The first-order valence-electron chi connectivity index (χ1n) is 7.37. The standard InChI is InChI=1S/C17H14BrN5O2/c18-14-6-4-12(5-7-14)11-25-15-3-1-2-13(8-15)9-19-22-16-10-20-23-17(24)21-16/h1-10H,11H2,(H2,21,22,23,24)/b19-9-. The summed E-state index contributed by atoms with van der Waals surface area (Å²) in [6.45, 7) is 0.481. The third-order valence-electron chi connectivity index (χ3n) is 3.14. The lowest BCUT2D eigenvalue weighted by molar-refractivity contribution is 0.306. The SMILES string of the molecule is O=c1nc(N/N=C\c2cccc(OCc3ccc(Br)cc3)c2)cn[nH]1. The van der Waals surface area contributed by atoms with Crippen LogP contribution >= 0.6 is 15.9 Å². The molecule has 0 aliphatic rings. The molecule has 0 aliphatic carbocycles. The highest BCUT2D eigenvalue weighted by molar-refractivity contribution is 9.10. The highest BCUT2D eigenvalue weighted by Gasteiger charge is 1.98. The summed E-state index contributed by atoms with van der Waals surface area (Å²) in [5.74, 6) is 1.01. The van der Waals surface area contributed by atoms with E-state index >= 15 is 0 Å². The van der Waals surface area contributed by atoms with Crippen LogP contribution in [0.15, 0.2) is 69.1 Å². The smallest absolute Gasteiger partial charge is 0.363 e. The van der Waals surface area contributed by atoms with Gasteiger partial charge in [-0.05, 0) is 35.4 Å². The minimum absolute atomic E-state index is 0.266. The monoisotopic (exact) mass is 399 g/mol. The van der Waals surface area contributed by atoms with Gasteiger partial charge < -0.3 is 4.74 Å². The second kappa shape index (κ2) is 8.20. The van der Waals surface area contributed by atoms with Gasteiger partial charge in [-0.2, -0.15) is 15.2 Å². The maximum atomic E-state index is 11.0. The number of nitrogens with one attached hydrogen (secondary N) is 2. The predicted molar refractivity (Wildman–Crippen MR) is 98.8 cm³/mol. The molecular weight excluding hydrogens is 386 g/mol. The molecule has 0 radical (unpaired) electrons. The van der Waals surface area contributed by atoms with Gasteiger partial charge in [-0.25, -0.2) is 9.89 Å². The van der Waals surface area contributed by atoms with Gasteiger partial charge in [0.1, 0.15) is 12.4 Å². The molecule has 1 heterocycles. The van der Waals surface area contributed by atoms with Crippen LogP contribution in [0.4, 0.5) is 5.82 Å². The number of aromatic amines is 1. The number of anilines is 1. The second-order valence-electron chi connectivity index (χ2n) is 5.03. The van der Waals surface area contributed by atoms with Gasteiger partial charge in [0.25, 0.3) is 0 Å². The summed E-state index contributed by atoms with van der Waals surface area (Å²) < 4.78 is 6.82. The van der Waals surface area contributed by atoms with Crippen molar-refractivity contribution >= 4 is 28.0 Å². The number of aromatic nitrogens is 3. The number of rotatable bonds is 6. The second-order valence-corrected chi connectivity index (χ2v) is 5.95. The number of hydrazone groups is 1. The minimum Gasteiger partial charge on any atom is -0.489 e. The van der Waals surface area contributed by atoms with Crippen LogP contribution in [0, 0.1) is 0 Å². The number of benzene rings is 2. The van der Waals surface area contributed by atoms with Crippen LogP contribution in [0.3, 0.4) is 0 Å². The van der Waals surface area contributed by atoms with Crippen molar-refractivity contribution in [3.8, 4) is 5.75 Å². The van der Waals surface area contributed by atoms with E-state index in [0.717, 1.165) is 21.3 Å². The van der Waals surface area contributed by atoms with Crippen LogP contribution in [0.2, 0.25) is 0 Å². The first-order chi connectivity index (χ1) is 12.2. The number of hydrogen-bond donors (Lipinski definition) is 2. The summed E-state index contributed by atoms with van der Waals surface area (Å²) >= 11 is 3.41. The molecule has 126 valence electrons. The van der Waals surface area contributed by atoms with Crippen molar-refractivity contribution in [3.63, 3.8) is 0 Å². The van der Waals surface area contributed by atoms with Crippen LogP contribution in [-0.2, 0) is 6.61 Å². The van der Waals surface area contributed by atoms with Crippen molar-refractivity contribution in [2.45, 2.75) is 6.61 Å². The summed E-state index contributed by atoms with van der Waals surface area (Å²) in [4.78, 5) is 14.7. The van der Waals surface area contributed by atoms with E-state index < -0.39 is 5.69 Å². The zero-order valence-corrected chi connectivity index (χ0v) is 14.6. The van der Waals surface area contributed by atoms with Crippen molar-refractivity contribution in [1.29, 1.82) is 0 Å². The van der Waals surface area contributed by atoms with E-state index in [4.69, 9.17) is 4.74 Å². The summed E-state index contributed by atoms with van der Waals surface area (Å²) in [7, 11) is 0. The molecule has 0 spiro atoms. The predicted octanol–water partition coefficient (Wildman–Crippen LogP) is 2.95. The Morgan fingerprint density at radius 3 is 2.88 bits per heavy atom. The van der Waals surface area contributed by atoms with E-state index in [1.807, 2.05) is 48.5 Å². The number of halogens is 1. The Labute approximate surface area is 151 Å². The van der Waals surface area contributed by atoms with Crippen LogP contribution in [0.1, 0.15) is 11.1 Å². The Morgan fingerprint density at radius 2 is 2.08 bits per heavy atom. The van der Waals surface area contributed by atoms with Crippen molar-refractivity contribution in [1.82, 2.24) is 15.2 Å². The number of hydrogen-bond acceptors (Lipinski definition) is 6. The molecule has 2 aromatic carbocycles. The minimum atomic E-state index is -0.538. The van der Waals surface area contributed by atoms with E-state index in [-0.39, 0.29) is 5.82 Å². The van der Waals surface area contributed by atoms with E-state index in [9.17, 15) is 4.79 Å². The van der Waals surface area contributed by atoms with E-state index in [2.05, 4.69) is 41.6 Å². The Kier molecular flexibility index (Phi) is 5.53. The average molecular weight is 400 g/mol. The number of H-pyrrole nitrogens is 1. The number of nitrogens with zero attached hydrogens (tertiary/aromatic N) is 3. The van der Waals surface area contributed by atoms with Crippen LogP contribution in [0.25, 0.3) is 0 Å². The van der Waals surface area contributed by atoms with Gasteiger partial charge in [-0.1, -0.05) is 40.2 Å². The fourth-order valence-corrected chi connectivity index (χ4v) is 2.23. The highest BCUT2D eigenvalue weighted by atomic mass is 79.9. The van der Waals surface area contributed by atoms with Gasteiger partial charge in [-0.15, -0.1) is 0 Å². The van der Waals surface area contributed by atoms with Crippen molar-refractivity contribution in [2.75, 3.05) is 5.43 Å².